The molecular formula is C16H17N3O4S. The predicted octanol–water partition coefficient (Wildman–Crippen LogP) is 2.55. The van der Waals surface area contributed by atoms with Crippen LogP contribution in [0.3, 0.4) is 0 Å². The molecule has 2 aromatic rings. The highest BCUT2D eigenvalue weighted by Crippen LogP contribution is 2.29. The van der Waals surface area contributed by atoms with Gasteiger partial charge in [-0.15, -0.1) is 11.3 Å². The lowest BCUT2D eigenvalue weighted by atomic mass is 10.0. The van der Waals surface area contributed by atoms with Crippen molar-refractivity contribution in [3.63, 3.8) is 0 Å². The van der Waals surface area contributed by atoms with Crippen LogP contribution in [-0.4, -0.2) is 40.8 Å². The number of piperidine rings is 1. The monoisotopic (exact) mass is 347 g/mol. The summed E-state index contributed by atoms with van der Waals surface area (Å²) in [6, 6.07) is 6.33. The van der Waals surface area contributed by atoms with Crippen LogP contribution >= 0.6 is 11.3 Å². The number of nitrogens with one attached hydrogen (secondary N) is 1. The van der Waals surface area contributed by atoms with Crippen molar-refractivity contribution in [2.75, 3.05) is 13.1 Å². The van der Waals surface area contributed by atoms with Gasteiger partial charge in [-0.3, -0.25) is 19.7 Å². The summed E-state index contributed by atoms with van der Waals surface area (Å²) in [5, 5.41) is 14.5. The Morgan fingerprint density at radius 2 is 2.00 bits per heavy atom. The fourth-order valence-electron chi connectivity index (χ4n) is 2.85. The number of carbonyl (C=O) groups excluding carboxylic acids is 2. The maximum atomic E-state index is 12.4. The minimum atomic E-state index is -0.445. The molecule has 7 nitrogen and oxygen atoms in total. The molecular weight excluding hydrogens is 330 g/mol. The summed E-state index contributed by atoms with van der Waals surface area (Å²) in [4.78, 5) is 36.4. The Bertz CT molecular complexity index is 809. The van der Waals surface area contributed by atoms with Gasteiger partial charge in [-0.1, -0.05) is 0 Å². The molecule has 24 heavy (non-hydrogen) atoms. The number of thiophene rings is 1. The summed E-state index contributed by atoms with van der Waals surface area (Å²) < 4.78 is 0.845. The number of nitro groups is 1. The summed E-state index contributed by atoms with van der Waals surface area (Å²) >= 11 is 1.32. The largest absolute Gasteiger partial charge is 0.348 e. The highest BCUT2D eigenvalue weighted by molar-refractivity contribution is 7.20. The molecule has 0 atom stereocenters. The summed E-state index contributed by atoms with van der Waals surface area (Å²) in [6.45, 7) is 2.85. The first-order valence-corrected chi connectivity index (χ1v) is 8.50. The van der Waals surface area contributed by atoms with Gasteiger partial charge in [0.1, 0.15) is 0 Å². The number of amides is 2. The van der Waals surface area contributed by atoms with Crippen molar-refractivity contribution in [1.82, 2.24) is 10.2 Å². The lowest BCUT2D eigenvalue weighted by Gasteiger charge is -2.31. The Balaban J connectivity index is 1.68. The Labute approximate surface area is 142 Å². The van der Waals surface area contributed by atoms with Crippen molar-refractivity contribution < 1.29 is 14.5 Å². The van der Waals surface area contributed by atoms with E-state index in [1.807, 2.05) is 0 Å². The number of likely N-dealkylation sites (tertiary alicyclic amines) is 1. The van der Waals surface area contributed by atoms with Crippen LogP contribution in [0.2, 0.25) is 0 Å². The van der Waals surface area contributed by atoms with Crippen molar-refractivity contribution in [2.45, 2.75) is 25.8 Å². The second kappa shape index (κ2) is 6.56. The van der Waals surface area contributed by atoms with Crippen LogP contribution in [0.4, 0.5) is 5.69 Å². The molecule has 1 aromatic heterocycles. The average molecular weight is 347 g/mol. The zero-order chi connectivity index (χ0) is 17.3. The molecule has 1 aliphatic heterocycles. The predicted molar refractivity (Wildman–Crippen MR) is 91.2 cm³/mol. The smallest absolute Gasteiger partial charge is 0.270 e. The first-order valence-electron chi connectivity index (χ1n) is 7.68. The van der Waals surface area contributed by atoms with E-state index < -0.39 is 4.92 Å². The second-order valence-electron chi connectivity index (χ2n) is 5.84. The maximum Gasteiger partial charge on any atom is 0.270 e. The van der Waals surface area contributed by atoms with Crippen LogP contribution in [0.25, 0.3) is 10.1 Å². The van der Waals surface area contributed by atoms with Gasteiger partial charge >= 0.3 is 0 Å². The van der Waals surface area contributed by atoms with Gasteiger partial charge in [0.2, 0.25) is 5.91 Å². The Kier molecular flexibility index (Phi) is 4.48. The molecule has 0 bridgehead atoms. The molecule has 1 saturated heterocycles. The van der Waals surface area contributed by atoms with Gasteiger partial charge in [0.25, 0.3) is 11.6 Å². The van der Waals surface area contributed by atoms with Gasteiger partial charge in [-0.25, -0.2) is 0 Å². The highest BCUT2D eigenvalue weighted by Gasteiger charge is 2.23. The number of fused-ring (bicyclic) bond motifs is 1. The molecule has 1 aromatic carbocycles. The van der Waals surface area contributed by atoms with E-state index in [0.717, 1.165) is 17.5 Å². The molecule has 0 saturated carbocycles. The molecule has 1 aliphatic rings. The van der Waals surface area contributed by atoms with E-state index in [9.17, 15) is 19.7 Å². The number of hydrogen-bond donors (Lipinski definition) is 1. The van der Waals surface area contributed by atoms with Crippen LogP contribution in [0.5, 0.6) is 0 Å². The number of hydrogen-bond acceptors (Lipinski definition) is 5. The number of non-ortho nitro benzene ring substituents is 1. The third-order valence-electron chi connectivity index (χ3n) is 4.21. The molecule has 2 heterocycles. The third kappa shape index (κ3) is 3.38. The Morgan fingerprint density at radius 1 is 1.29 bits per heavy atom. The number of benzene rings is 1. The van der Waals surface area contributed by atoms with Crippen molar-refractivity contribution in [3.8, 4) is 0 Å². The summed E-state index contributed by atoms with van der Waals surface area (Å²) in [5.41, 5.74) is 0.0175. The molecule has 0 aliphatic carbocycles. The lowest BCUT2D eigenvalue weighted by Crippen LogP contribution is -2.45. The Morgan fingerprint density at radius 3 is 2.62 bits per heavy atom. The topological polar surface area (TPSA) is 92.6 Å². The van der Waals surface area contributed by atoms with E-state index in [-0.39, 0.29) is 23.5 Å². The zero-order valence-electron chi connectivity index (χ0n) is 13.2. The molecule has 2 amide bonds. The summed E-state index contributed by atoms with van der Waals surface area (Å²) in [5.74, 6) is -0.106. The normalized spacial score (nSPS) is 15.5. The number of carbonyl (C=O) groups is 2. The molecule has 3 rings (SSSR count). The van der Waals surface area contributed by atoms with Crippen LogP contribution in [0.15, 0.2) is 24.3 Å². The standard InChI is InChI=1S/C16H17N3O4S/c1-10(20)18-6-4-12(5-7-18)17-16(21)15-9-11-8-13(19(22)23)2-3-14(11)24-15/h2-3,8-9,12H,4-7H2,1H3,(H,17,21). The van der Waals surface area contributed by atoms with E-state index in [0.29, 0.717) is 23.4 Å². The van der Waals surface area contributed by atoms with E-state index in [4.69, 9.17) is 0 Å². The zero-order valence-corrected chi connectivity index (χ0v) is 14.0. The van der Waals surface area contributed by atoms with Crippen LogP contribution in [0.1, 0.15) is 29.4 Å². The van der Waals surface area contributed by atoms with Gasteiger partial charge in [0.05, 0.1) is 9.80 Å². The molecule has 0 unspecified atom stereocenters. The fraction of sp³-hybridized carbons (Fsp3) is 0.375. The van der Waals surface area contributed by atoms with E-state index in [1.165, 1.54) is 23.5 Å². The van der Waals surface area contributed by atoms with Gasteiger partial charge in [0.15, 0.2) is 0 Å². The van der Waals surface area contributed by atoms with Gasteiger partial charge in [-0.2, -0.15) is 0 Å². The number of rotatable bonds is 3. The van der Waals surface area contributed by atoms with Gasteiger partial charge in [-0.05, 0) is 25.0 Å². The maximum absolute atomic E-state index is 12.4. The van der Waals surface area contributed by atoms with Gasteiger partial charge < -0.3 is 10.2 Å². The summed E-state index contributed by atoms with van der Waals surface area (Å²) in [7, 11) is 0. The fourth-order valence-corrected chi connectivity index (χ4v) is 3.80. The first-order chi connectivity index (χ1) is 11.4. The molecule has 0 radical (unpaired) electrons. The van der Waals surface area contributed by atoms with Crippen LogP contribution in [-0.2, 0) is 4.79 Å². The number of nitro benzene ring substituents is 1. The van der Waals surface area contributed by atoms with Gasteiger partial charge in [0, 0.05) is 48.3 Å². The number of nitrogens with zero attached hydrogens (tertiary/aromatic N) is 2. The van der Waals surface area contributed by atoms with Crippen molar-refractivity contribution in [3.05, 3.63) is 39.3 Å². The van der Waals surface area contributed by atoms with Crippen LogP contribution < -0.4 is 5.32 Å². The second-order valence-corrected chi connectivity index (χ2v) is 6.93. The summed E-state index contributed by atoms with van der Waals surface area (Å²) in [6.07, 6.45) is 1.48. The van der Waals surface area contributed by atoms with E-state index in [2.05, 4.69) is 5.32 Å². The minimum absolute atomic E-state index is 0.0175. The van der Waals surface area contributed by atoms with Crippen molar-refractivity contribution >= 4 is 38.9 Å². The molecule has 8 heteroatoms. The third-order valence-corrected chi connectivity index (χ3v) is 5.32. The van der Waals surface area contributed by atoms with E-state index >= 15 is 0 Å². The van der Waals surface area contributed by atoms with Crippen molar-refractivity contribution in [2.24, 2.45) is 0 Å². The Hall–Kier alpha value is -2.48. The lowest BCUT2D eigenvalue weighted by molar-refractivity contribution is -0.384. The first kappa shape index (κ1) is 16.4. The molecule has 126 valence electrons. The van der Waals surface area contributed by atoms with E-state index in [1.54, 1.807) is 24.0 Å². The SMILES string of the molecule is CC(=O)N1CCC(NC(=O)c2cc3cc([N+](=O)[O-])ccc3s2)CC1. The van der Waals surface area contributed by atoms with Crippen LogP contribution in [0, 0.1) is 10.1 Å². The molecule has 0 spiro atoms. The quantitative estimate of drug-likeness (QED) is 0.682. The molecule has 1 N–H and O–H groups in total. The minimum Gasteiger partial charge on any atom is -0.348 e. The van der Waals surface area contributed by atoms with Crippen molar-refractivity contribution in [1.29, 1.82) is 0 Å². The highest BCUT2D eigenvalue weighted by atomic mass is 32.1. The molecule has 1 fully saturated rings. The average Bonchev–Trinajstić information content (AvgIpc) is 2.98.